The van der Waals surface area contributed by atoms with E-state index in [1.54, 1.807) is 48.5 Å². The van der Waals surface area contributed by atoms with Crippen LogP contribution in [-0.2, 0) is 0 Å². The first-order valence-corrected chi connectivity index (χ1v) is 11.6. The summed E-state index contributed by atoms with van der Waals surface area (Å²) in [5.74, 6) is -0.0398. The highest BCUT2D eigenvalue weighted by Crippen LogP contribution is 2.29. The minimum absolute atomic E-state index is 0.194. The number of halogens is 1. The number of pyridine rings is 1. The molecule has 2 heterocycles. The number of aliphatic hydroxyl groups is 1. The Morgan fingerprint density at radius 2 is 1.75 bits per heavy atom. The predicted molar refractivity (Wildman–Crippen MR) is 141 cm³/mol. The maximum absolute atomic E-state index is 12.8. The van der Waals surface area contributed by atoms with Crippen molar-refractivity contribution in [1.82, 2.24) is 15.0 Å². The molecule has 5 rings (SSSR count). The molecule has 0 fully saturated rings. The average molecular weight is 500 g/mol. The molecule has 0 unspecified atom stereocenters. The third-order valence-electron chi connectivity index (χ3n) is 5.75. The van der Waals surface area contributed by atoms with Crippen molar-refractivity contribution in [1.29, 1.82) is 0 Å². The standard InChI is InChI=1S/C27H22ClN5O3/c28-18-10-5-4-9-17(18)26(35)32-21-12-6-11-20-24(21)33-25(31-20)23-19(13-14-29-27(23)36)30-15-22(34)16-7-2-1-3-8-16/h1-14,22,34H,15H2,(H,31,33)(H,32,35)(H2,29,30,36)/t22-/m0/s1. The van der Waals surface area contributed by atoms with Crippen LogP contribution in [0.3, 0.4) is 0 Å². The first-order valence-electron chi connectivity index (χ1n) is 11.2. The molecule has 180 valence electrons. The molecule has 5 N–H and O–H groups in total. The third kappa shape index (κ3) is 4.72. The van der Waals surface area contributed by atoms with Crippen LogP contribution in [-0.4, -0.2) is 32.5 Å². The summed E-state index contributed by atoms with van der Waals surface area (Å²) in [5.41, 5.74) is 3.18. The summed E-state index contributed by atoms with van der Waals surface area (Å²) in [7, 11) is 0. The van der Waals surface area contributed by atoms with E-state index in [-0.39, 0.29) is 23.6 Å². The van der Waals surface area contributed by atoms with Gasteiger partial charge in [-0.15, -0.1) is 0 Å². The van der Waals surface area contributed by atoms with Gasteiger partial charge in [0.25, 0.3) is 11.5 Å². The molecule has 9 heteroatoms. The number of aromatic amines is 2. The van der Waals surface area contributed by atoms with Gasteiger partial charge in [0.05, 0.1) is 39.1 Å². The number of aliphatic hydroxyl groups excluding tert-OH is 1. The average Bonchev–Trinajstić information content (AvgIpc) is 3.33. The fourth-order valence-electron chi connectivity index (χ4n) is 3.95. The van der Waals surface area contributed by atoms with Crippen LogP contribution in [0.4, 0.5) is 11.4 Å². The van der Waals surface area contributed by atoms with Crippen molar-refractivity contribution < 1.29 is 9.90 Å². The fourth-order valence-corrected chi connectivity index (χ4v) is 4.17. The number of nitrogens with zero attached hydrogens (tertiary/aromatic N) is 1. The first kappa shape index (κ1) is 23.3. The normalized spacial score (nSPS) is 11.8. The molecule has 36 heavy (non-hydrogen) atoms. The van der Waals surface area contributed by atoms with Gasteiger partial charge in [-0.1, -0.05) is 60.1 Å². The Morgan fingerprint density at radius 3 is 2.56 bits per heavy atom. The number of benzene rings is 3. The van der Waals surface area contributed by atoms with Gasteiger partial charge in [-0.05, 0) is 35.9 Å². The quantitative estimate of drug-likeness (QED) is 0.216. The topological polar surface area (TPSA) is 123 Å². The van der Waals surface area contributed by atoms with Gasteiger partial charge in [-0.25, -0.2) is 4.98 Å². The summed E-state index contributed by atoms with van der Waals surface area (Å²) in [6.07, 6.45) is 0.765. The third-order valence-corrected chi connectivity index (χ3v) is 6.08. The molecule has 2 aromatic heterocycles. The zero-order chi connectivity index (χ0) is 25.1. The molecule has 1 amide bonds. The Kier molecular flexibility index (Phi) is 6.53. The van der Waals surface area contributed by atoms with Gasteiger partial charge >= 0.3 is 0 Å². The second-order valence-electron chi connectivity index (χ2n) is 8.12. The molecular weight excluding hydrogens is 478 g/mol. The summed E-state index contributed by atoms with van der Waals surface area (Å²) in [4.78, 5) is 36.1. The van der Waals surface area contributed by atoms with Gasteiger partial charge in [-0.2, -0.15) is 0 Å². The second kappa shape index (κ2) is 10.1. The minimum atomic E-state index is -0.763. The SMILES string of the molecule is O=C(Nc1cccc2nc(-c3c(NC[C@H](O)c4ccccc4)cc[nH]c3=O)[nH]c12)c1ccccc1Cl. The van der Waals surface area contributed by atoms with E-state index in [0.717, 1.165) is 5.56 Å². The van der Waals surface area contributed by atoms with Gasteiger partial charge in [0.2, 0.25) is 0 Å². The van der Waals surface area contributed by atoms with E-state index in [9.17, 15) is 14.7 Å². The zero-order valence-corrected chi connectivity index (χ0v) is 19.7. The summed E-state index contributed by atoms with van der Waals surface area (Å²) in [5, 5.41) is 16.9. The maximum Gasteiger partial charge on any atom is 0.261 e. The highest BCUT2D eigenvalue weighted by atomic mass is 35.5. The highest BCUT2D eigenvalue weighted by molar-refractivity contribution is 6.34. The van der Waals surface area contributed by atoms with E-state index < -0.39 is 6.10 Å². The number of carbonyl (C=O) groups is 1. The van der Waals surface area contributed by atoms with Crippen LogP contribution in [0, 0.1) is 0 Å². The molecule has 0 bridgehead atoms. The number of carbonyl (C=O) groups excluding carboxylic acids is 1. The van der Waals surface area contributed by atoms with Crippen LogP contribution < -0.4 is 16.2 Å². The molecule has 8 nitrogen and oxygen atoms in total. The van der Waals surface area contributed by atoms with Gasteiger partial charge in [0, 0.05) is 12.7 Å². The Morgan fingerprint density at radius 1 is 0.972 bits per heavy atom. The number of H-pyrrole nitrogens is 2. The van der Waals surface area contributed by atoms with Crippen LogP contribution >= 0.6 is 11.6 Å². The summed E-state index contributed by atoms with van der Waals surface area (Å²) >= 11 is 6.17. The Hall–Kier alpha value is -4.40. The number of rotatable bonds is 7. The largest absolute Gasteiger partial charge is 0.387 e. The number of hydrogen-bond donors (Lipinski definition) is 5. The number of fused-ring (bicyclic) bond motifs is 1. The van der Waals surface area contributed by atoms with Gasteiger partial charge in [0.15, 0.2) is 0 Å². The number of amides is 1. The molecular formula is C27H22ClN5O3. The van der Waals surface area contributed by atoms with Crippen molar-refractivity contribution in [2.45, 2.75) is 6.10 Å². The van der Waals surface area contributed by atoms with Crippen LogP contribution in [0.25, 0.3) is 22.4 Å². The lowest BCUT2D eigenvalue weighted by atomic mass is 10.1. The zero-order valence-electron chi connectivity index (χ0n) is 19.0. The highest BCUT2D eigenvalue weighted by Gasteiger charge is 2.18. The molecule has 0 radical (unpaired) electrons. The maximum atomic E-state index is 12.8. The molecule has 0 spiro atoms. The number of nitrogens with one attached hydrogen (secondary N) is 4. The van der Waals surface area contributed by atoms with Crippen molar-refractivity contribution >= 4 is 39.9 Å². The minimum Gasteiger partial charge on any atom is -0.387 e. The van der Waals surface area contributed by atoms with Crippen molar-refractivity contribution in [2.24, 2.45) is 0 Å². The molecule has 3 aromatic carbocycles. The van der Waals surface area contributed by atoms with Crippen LogP contribution in [0.5, 0.6) is 0 Å². The monoisotopic (exact) mass is 499 g/mol. The smallest absolute Gasteiger partial charge is 0.261 e. The van der Waals surface area contributed by atoms with Crippen molar-refractivity contribution in [3.63, 3.8) is 0 Å². The number of hydrogen-bond acceptors (Lipinski definition) is 5. The lowest BCUT2D eigenvalue weighted by molar-refractivity contribution is 0.102. The fraction of sp³-hybridized carbons (Fsp3) is 0.0741. The van der Waals surface area contributed by atoms with Crippen molar-refractivity contribution in [2.75, 3.05) is 17.2 Å². The lowest BCUT2D eigenvalue weighted by Gasteiger charge is -2.14. The summed E-state index contributed by atoms with van der Waals surface area (Å²) < 4.78 is 0. The van der Waals surface area contributed by atoms with E-state index in [1.807, 2.05) is 30.3 Å². The van der Waals surface area contributed by atoms with E-state index >= 15 is 0 Å². The lowest BCUT2D eigenvalue weighted by Crippen LogP contribution is -2.17. The van der Waals surface area contributed by atoms with E-state index in [0.29, 0.717) is 38.8 Å². The molecule has 0 aliphatic heterocycles. The number of anilines is 2. The molecule has 1 atom stereocenters. The van der Waals surface area contributed by atoms with E-state index in [1.165, 1.54) is 6.20 Å². The Balaban J connectivity index is 1.46. The van der Waals surface area contributed by atoms with Gasteiger partial charge in [0.1, 0.15) is 11.4 Å². The second-order valence-corrected chi connectivity index (χ2v) is 8.53. The summed E-state index contributed by atoms with van der Waals surface area (Å²) in [6, 6.07) is 23.0. The van der Waals surface area contributed by atoms with Gasteiger partial charge < -0.3 is 25.7 Å². The number of para-hydroxylation sites is 1. The number of imidazole rings is 1. The number of aromatic nitrogens is 3. The van der Waals surface area contributed by atoms with Crippen LogP contribution in [0.1, 0.15) is 22.0 Å². The Labute approximate surface area is 211 Å². The molecule has 0 saturated carbocycles. The van der Waals surface area contributed by atoms with E-state index in [4.69, 9.17) is 11.6 Å². The van der Waals surface area contributed by atoms with Crippen molar-refractivity contribution in [3.05, 3.63) is 112 Å². The molecule has 0 saturated heterocycles. The first-order chi connectivity index (χ1) is 17.5. The van der Waals surface area contributed by atoms with Crippen LogP contribution in [0.2, 0.25) is 5.02 Å². The predicted octanol–water partition coefficient (Wildman–Crippen LogP) is 4.97. The van der Waals surface area contributed by atoms with Crippen molar-refractivity contribution in [3.8, 4) is 11.4 Å². The van der Waals surface area contributed by atoms with Gasteiger partial charge in [-0.3, -0.25) is 9.59 Å². The molecule has 5 aromatic rings. The molecule has 0 aliphatic carbocycles. The van der Waals surface area contributed by atoms with Crippen LogP contribution in [0.15, 0.2) is 89.9 Å². The van der Waals surface area contributed by atoms with E-state index in [2.05, 4.69) is 25.6 Å². The molecule has 0 aliphatic rings. The summed E-state index contributed by atoms with van der Waals surface area (Å²) in [6.45, 7) is 0.194. The Bertz CT molecular complexity index is 1600.